The van der Waals surface area contributed by atoms with Crippen molar-refractivity contribution in [3.05, 3.63) is 72.3 Å². The second-order valence-corrected chi connectivity index (χ2v) is 9.81. The fourth-order valence-corrected chi connectivity index (χ4v) is 3.80. The SMILES string of the molecule is Cc1ccc(S(=O)(=O)NCC(C)(C)C/C=C/COC(=Nc2ccccc2)C(F)(F)F)cc1. The lowest BCUT2D eigenvalue weighted by molar-refractivity contribution is -0.0770. The summed E-state index contributed by atoms with van der Waals surface area (Å²) in [6.07, 6.45) is -1.15. The topological polar surface area (TPSA) is 67.8 Å². The maximum Gasteiger partial charge on any atom is 0.468 e. The molecule has 0 aliphatic carbocycles. The number of allylic oxidation sites excluding steroid dienone is 1. The van der Waals surface area contributed by atoms with Crippen LogP contribution in [0.2, 0.25) is 0 Å². The van der Waals surface area contributed by atoms with Crippen LogP contribution in [0, 0.1) is 12.3 Å². The summed E-state index contributed by atoms with van der Waals surface area (Å²) in [5.41, 5.74) is 0.643. The van der Waals surface area contributed by atoms with Gasteiger partial charge in [-0.25, -0.2) is 18.1 Å². The number of benzene rings is 2. The Hall–Kier alpha value is -2.65. The highest BCUT2D eigenvalue weighted by molar-refractivity contribution is 7.89. The van der Waals surface area contributed by atoms with E-state index in [1.165, 1.54) is 30.3 Å². The Kier molecular flexibility index (Phi) is 8.63. The van der Waals surface area contributed by atoms with E-state index >= 15 is 0 Å². The highest BCUT2D eigenvalue weighted by atomic mass is 32.2. The average Bonchev–Trinajstić information content (AvgIpc) is 2.72. The smallest absolute Gasteiger partial charge is 0.468 e. The van der Waals surface area contributed by atoms with Crippen LogP contribution in [0.3, 0.4) is 0 Å². The molecule has 9 heteroatoms. The molecule has 0 aliphatic rings. The number of para-hydroxylation sites is 1. The van der Waals surface area contributed by atoms with Crippen LogP contribution in [-0.2, 0) is 14.8 Å². The molecule has 32 heavy (non-hydrogen) atoms. The molecule has 0 spiro atoms. The van der Waals surface area contributed by atoms with Crippen LogP contribution < -0.4 is 4.72 Å². The molecule has 0 saturated heterocycles. The summed E-state index contributed by atoms with van der Waals surface area (Å²) in [5, 5.41) is 0. The zero-order valence-electron chi connectivity index (χ0n) is 18.2. The van der Waals surface area contributed by atoms with Crippen LogP contribution in [0.25, 0.3) is 0 Å². The zero-order chi connectivity index (χ0) is 23.8. The standard InChI is InChI=1S/C23H27F3N2O3S/c1-18-11-13-20(14-12-18)32(29,30)27-17-22(2,3)15-7-8-16-31-21(23(24,25)26)28-19-9-5-4-6-10-19/h4-14,27H,15-17H2,1-3H3/b8-7+,28-21?. The Bertz CT molecular complexity index is 1030. The van der Waals surface area contributed by atoms with Crippen LogP contribution in [0.1, 0.15) is 25.8 Å². The van der Waals surface area contributed by atoms with Gasteiger partial charge in [0.05, 0.1) is 10.6 Å². The van der Waals surface area contributed by atoms with Gasteiger partial charge >= 0.3 is 6.18 Å². The van der Waals surface area contributed by atoms with Crippen LogP contribution in [-0.4, -0.2) is 33.6 Å². The Morgan fingerprint density at radius 2 is 1.66 bits per heavy atom. The third kappa shape index (κ3) is 8.47. The van der Waals surface area contributed by atoms with Crippen molar-refractivity contribution in [2.24, 2.45) is 10.4 Å². The average molecular weight is 469 g/mol. The fourth-order valence-electron chi connectivity index (χ4n) is 2.56. The quantitative estimate of drug-likeness (QED) is 0.298. The molecule has 0 amide bonds. The summed E-state index contributed by atoms with van der Waals surface area (Å²) in [6.45, 7) is 5.43. The second kappa shape index (κ2) is 10.8. The first kappa shape index (κ1) is 25.6. The molecule has 0 aliphatic heterocycles. The van der Waals surface area contributed by atoms with E-state index in [1.807, 2.05) is 20.8 Å². The second-order valence-electron chi connectivity index (χ2n) is 8.04. The van der Waals surface area contributed by atoms with E-state index in [9.17, 15) is 21.6 Å². The molecule has 2 rings (SSSR count). The number of hydrogen-bond acceptors (Lipinski definition) is 4. The van der Waals surface area contributed by atoms with Gasteiger partial charge in [-0.3, -0.25) is 0 Å². The number of nitrogens with zero attached hydrogens (tertiary/aromatic N) is 1. The van der Waals surface area contributed by atoms with Crippen molar-refractivity contribution in [2.75, 3.05) is 13.2 Å². The van der Waals surface area contributed by atoms with E-state index in [4.69, 9.17) is 4.74 Å². The molecule has 0 aromatic heterocycles. The van der Waals surface area contributed by atoms with E-state index < -0.39 is 27.5 Å². The van der Waals surface area contributed by atoms with Crippen LogP contribution >= 0.6 is 0 Å². The number of nitrogens with one attached hydrogen (secondary N) is 1. The highest BCUT2D eigenvalue weighted by Crippen LogP contribution is 2.23. The first-order valence-electron chi connectivity index (χ1n) is 9.94. The van der Waals surface area contributed by atoms with E-state index in [0.29, 0.717) is 6.42 Å². The highest BCUT2D eigenvalue weighted by Gasteiger charge is 2.38. The van der Waals surface area contributed by atoms with Crippen molar-refractivity contribution < 1.29 is 26.3 Å². The zero-order valence-corrected chi connectivity index (χ0v) is 19.0. The first-order valence-corrected chi connectivity index (χ1v) is 11.4. The molecular formula is C23H27F3N2O3S. The fraction of sp³-hybridized carbons (Fsp3) is 0.348. The van der Waals surface area contributed by atoms with Gasteiger partial charge in [0.15, 0.2) is 0 Å². The Morgan fingerprint density at radius 1 is 1.03 bits per heavy atom. The molecule has 0 fully saturated rings. The molecule has 2 aromatic rings. The van der Waals surface area contributed by atoms with Gasteiger partial charge in [-0.15, -0.1) is 0 Å². The minimum Gasteiger partial charge on any atom is -0.470 e. The number of alkyl halides is 3. The number of sulfonamides is 1. The molecule has 0 radical (unpaired) electrons. The van der Waals surface area contributed by atoms with Crippen molar-refractivity contribution in [2.45, 2.75) is 38.3 Å². The van der Waals surface area contributed by atoms with E-state index in [1.54, 1.807) is 36.4 Å². The summed E-state index contributed by atoms with van der Waals surface area (Å²) in [6, 6.07) is 14.3. The molecule has 0 unspecified atom stereocenters. The maximum atomic E-state index is 13.1. The van der Waals surface area contributed by atoms with E-state index in [2.05, 4.69) is 9.71 Å². The number of hydrogen-bond donors (Lipinski definition) is 1. The summed E-state index contributed by atoms with van der Waals surface area (Å²) in [4.78, 5) is 3.71. The Labute approximate surface area is 187 Å². The van der Waals surface area contributed by atoms with Crippen LogP contribution in [0.4, 0.5) is 18.9 Å². The summed E-state index contributed by atoms with van der Waals surface area (Å²) in [5.74, 6) is -1.32. The molecule has 174 valence electrons. The van der Waals surface area contributed by atoms with Gasteiger partial charge in [-0.1, -0.05) is 61.9 Å². The lowest BCUT2D eigenvalue weighted by Crippen LogP contribution is -2.33. The predicted octanol–water partition coefficient (Wildman–Crippen LogP) is 5.55. The number of rotatable bonds is 9. The minimum atomic E-state index is -4.71. The van der Waals surface area contributed by atoms with Crippen molar-refractivity contribution >= 4 is 21.6 Å². The van der Waals surface area contributed by atoms with Gasteiger partial charge in [0.1, 0.15) is 6.61 Å². The lowest BCUT2D eigenvalue weighted by atomic mass is 9.89. The molecule has 0 bridgehead atoms. The lowest BCUT2D eigenvalue weighted by Gasteiger charge is -2.23. The molecule has 0 heterocycles. The van der Waals surface area contributed by atoms with Gasteiger partial charge in [0.25, 0.3) is 5.90 Å². The molecule has 0 saturated carbocycles. The Morgan fingerprint density at radius 3 is 2.25 bits per heavy atom. The number of aliphatic imine (C=N–C) groups is 1. The Balaban J connectivity index is 1.89. The van der Waals surface area contributed by atoms with Crippen LogP contribution in [0.5, 0.6) is 0 Å². The molecule has 0 atom stereocenters. The molecule has 1 N–H and O–H groups in total. The summed E-state index contributed by atoms with van der Waals surface area (Å²) < 4.78 is 71.6. The maximum absolute atomic E-state index is 13.1. The minimum absolute atomic E-state index is 0.144. The molecular weight excluding hydrogens is 441 g/mol. The van der Waals surface area contributed by atoms with E-state index in [-0.39, 0.29) is 23.7 Å². The molecule has 2 aromatic carbocycles. The largest absolute Gasteiger partial charge is 0.470 e. The predicted molar refractivity (Wildman–Crippen MR) is 119 cm³/mol. The van der Waals surface area contributed by atoms with Gasteiger partial charge in [-0.2, -0.15) is 13.2 Å². The van der Waals surface area contributed by atoms with Gasteiger partial charge in [0.2, 0.25) is 10.0 Å². The van der Waals surface area contributed by atoms with Crippen LogP contribution in [0.15, 0.2) is 76.6 Å². The van der Waals surface area contributed by atoms with E-state index in [0.717, 1.165) is 5.56 Å². The van der Waals surface area contributed by atoms with Crippen molar-refractivity contribution in [1.29, 1.82) is 0 Å². The van der Waals surface area contributed by atoms with Gasteiger partial charge in [-0.05, 0) is 43.0 Å². The van der Waals surface area contributed by atoms with Crippen molar-refractivity contribution in [3.8, 4) is 0 Å². The van der Waals surface area contributed by atoms with Gasteiger partial charge < -0.3 is 4.74 Å². The number of aryl methyl sites for hydroxylation is 1. The molecule has 5 nitrogen and oxygen atoms in total. The van der Waals surface area contributed by atoms with Gasteiger partial charge in [0, 0.05) is 6.54 Å². The van der Waals surface area contributed by atoms with Crippen molar-refractivity contribution in [1.82, 2.24) is 4.72 Å². The number of halogens is 3. The first-order chi connectivity index (χ1) is 14.9. The monoisotopic (exact) mass is 468 g/mol. The third-order valence-electron chi connectivity index (χ3n) is 4.45. The summed E-state index contributed by atoms with van der Waals surface area (Å²) >= 11 is 0. The van der Waals surface area contributed by atoms with Crippen molar-refractivity contribution in [3.63, 3.8) is 0 Å². The summed E-state index contributed by atoms with van der Waals surface area (Å²) in [7, 11) is -3.64. The third-order valence-corrected chi connectivity index (χ3v) is 5.87. The normalized spacial score (nSPS) is 13.5. The number of ether oxygens (including phenoxy) is 1.